The Labute approximate surface area is 152 Å². The van der Waals surface area contributed by atoms with E-state index in [0.717, 1.165) is 0 Å². The van der Waals surface area contributed by atoms with Crippen LogP contribution in [0.3, 0.4) is 0 Å². The van der Waals surface area contributed by atoms with Crippen molar-refractivity contribution in [1.82, 2.24) is 9.97 Å². The molecule has 2 aromatic rings. The minimum atomic E-state index is -3.47. The van der Waals surface area contributed by atoms with Crippen LogP contribution in [0.25, 0.3) is 11.4 Å². The van der Waals surface area contributed by atoms with Crippen molar-refractivity contribution in [3.05, 3.63) is 36.0 Å². The minimum Gasteiger partial charge on any atom is -0.384 e. The van der Waals surface area contributed by atoms with Crippen molar-refractivity contribution in [3.8, 4) is 11.4 Å². The van der Waals surface area contributed by atoms with Gasteiger partial charge in [0.15, 0.2) is 15.7 Å². The van der Waals surface area contributed by atoms with Crippen molar-refractivity contribution in [3.63, 3.8) is 0 Å². The molecule has 0 aliphatic rings. The molecule has 0 spiro atoms. The number of sulfone groups is 1. The van der Waals surface area contributed by atoms with E-state index in [0.29, 0.717) is 22.8 Å². The summed E-state index contributed by atoms with van der Waals surface area (Å²) >= 11 is 0. The van der Waals surface area contributed by atoms with Gasteiger partial charge in [-0.15, -0.1) is 0 Å². The number of nitrogens with zero attached hydrogens (tertiary/aromatic N) is 2. The maximum Gasteiger partial charge on any atom is 0.316 e. The lowest BCUT2D eigenvalue weighted by Gasteiger charge is -2.27. The Morgan fingerprint density at radius 1 is 1.15 bits per heavy atom. The number of amides is 2. The second-order valence-corrected chi connectivity index (χ2v) is 9.73. The van der Waals surface area contributed by atoms with Gasteiger partial charge in [-0.1, -0.05) is 0 Å². The molecule has 0 fully saturated rings. The molecule has 140 valence electrons. The first kappa shape index (κ1) is 19.6. The van der Waals surface area contributed by atoms with Crippen LogP contribution in [0.1, 0.15) is 33.4 Å². The van der Waals surface area contributed by atoms with E-state index in [4.69, 9.17) is 11.5 Å². The molecule has 0 atom stereocenters. The Morgan fingerprint density at radius 3 is 2.23 bits per heavy atom. The molecule has 9 heteroatoms. The highest BCUT2D eigenvalue weighted by atomic mass is 32.2. The fourth-order valence-electron chi connectivity index (χ4n) is 2.48. The van der Waals surface area contributed by atoms with Gasteiger partial charge in [0.1, 0.15) is 10.6 Å². The Morgan fingerprint density at radius 2 is 1.73 bits per heavy atom. The molecule has 0 aliphatic carbocycles. The fourth-order valence-corrected chi connectivity index (χ4v) is 4.06. The lowest BCUT2D eigenvalue weighted by molar-refractivity contribution is 0.259. The molecular weight excluding hydrogens is 354 g/mol. The summed E-state index contributed by atoms with van der Waals surface area (Å²) in [6.45, 7) is 6.47. The number of nitrogen functional groups attached to an aromatic ring is 1. The quantitative estimate of drug-likeness (QED) is 0.730. The zero-order valence-electron chi connectivity index (χ0n) is 15.1. The normalized spacial score (nSPS) is 12.2. The van der Waals surface area contributed by atoms with Gasteiger partial charge in [-0.25, -0.2) is 23.2 Å². The predicted octanol–water partition coefficient (Wildman–Crippen LogP) is 2.27. The maximum atomic E-state index is 12.7. The molecule has 0 aliphatic heterocycles. The van der Waals surface area contributed by atoms with Crippen molar-refractivity contribution in [1.29, 1.82) is 0 Å². The molecule has 0 saturated heterocycles. The van der Waals surface area contributed by atoms with E-state index in [9.17, 15) is 13.2 Å². The number of carbonyl (C=O) groups excluding carboxylic acids is 1. The standard InChI is InChI=1S/C17H23N5O3S/c1-10(2)26(24,25)17(3,4)13-9-14(18)22-15(21-13)11-5-7-12(8-6-11)20-16(19)23/h5-10H,1-4H3,(H2,18,21,22)(H3,19,20,23). The van der Waals surface area contributed by atoms with Gasteiger partial charge in [0.2, 0.25) is 0 Å². The van der Waals surface area contributed by atoms with E-state index >= 15 is 0 Å². The van der Waals surface area contributed by atoms with Gasteiger partial charge in [0, 0.05) is 17.3 Å². The molecule has 0 saturated carbocycles. The lowest BCUT2D eigenvalue weighted by Crippen LogP contribution is -2.36. The summed E-state index contributed by atoms with van der Waals surface area (Å²) in [7, 11) is -3.47. The SMILES string of the molecule is CC(C)S(=O)(=O)C(C)(C)c1cc(N)nc(-c2ccc(NC(N)=O)cc2)n1. The van der Waals surface area contributed by atoms with Crippen LogP contribution < -0.4 is 16.8 Å². The van der Waals surface area contributed by atoms with Crippen molar-refractivity contribution < 1.29 is 13.2 Å². The van der Waals surface area contributed by atoms with Crippen LogP contribution in [-0.4, -0.2) is 29.7 Å². The van der Waals surface area contributed by atoms with Crippen LogP contribution >= 0.6 is 0 Å². The largest absolute Gasteiger partial charge is 0.384 e. The highest BCUT2D eigenvalue weighted by molar-refractivity contribution is 7.92. The van der Waals surface area contributed by atoms with E-state index < -0.39 is 25.9 Å². The number of hydrogen-bond donors (Lipinski definition) is 3. The van der Waals surface area contributed by atoms with E-state index in [1.807, 2.05) is 0 Å². The van der Waals surface area contributed by atoms with Crippen molar-refractivity contribution >= 4 is 27.4 Å². The van der Waals surface area contributed by atoms with Gasteiger partial charge < -0.3 is 16.8 Å². The molecule has 0 unspecified atom stereocenters. The number of primary amides is 1. The molecule has 26 heavy (non-hydrogen) atoms. The second kappa shape index (κ2) is 6.91. The van der Waals surface area contributed by atoms with Gasteiger partial charge in [0.05, 0.1) is 10.9 Å². The van der Waals surface area contributed by atoms with E-state index in [2.05, 4.69) is 15.3 Å². The molecule has 2 amide bonds. The molecule has 1 heterocycles. The number of urea groups is 1. The van der Waals surface area contributed by atoms with Crippen molar-refractivity contribution in [2.24, 2.45) is 5.73 Å². The van der Waals surface area contributed by atoms with Crippen LogP contribution in [0, 0.1) is 0 Å². The molecule has 1 aromatic heterocycles. The third-order valence-corrected chi connectivity index (χ3v) is 6.98. The number of hydrogen-bond acceptors (Lipinski definition) is 6. The first-order valence-electron chi connectivity index (χ1n) is 8.00. The Balaban J connectivity index is 2.49. The zero-order valence-corrected chi connectivity index (χ0v) is 16.0. The number of aromatic nitrogens is 2. The number of carbonyl (C=O) groups is 1. The summed E-state index contributed by atoms with van der Waals surface area (Å²) in [5.41, 5.74) is 12.4. The van der Waals surface area contributed by atoms with Crippen LogP contribution in [0.5, 0.6) is 0 Å². The van der Waals surface area contributed by atoms with Crippen LogP contribution in [-0.2, 0) is 14.6 Å². The van der Waals surface area contributed by atoms with Crippen LogP contribution in [0.2, 0.25) is 0 Å². The van der Waals surface area contributed by atoms with E-state index in [1.54, 1.807) is 52.0 Å². The van der Waals surface area contributed by atoms with Gasteiger partial charge in [-0.05, 0) is 52.0 Å². The first-order chi connectivity index (χ1) is 11.9. The fraction of sp³-hybridized carbons (Fsp3) is 0.353. The Kier molecular flexibility index (Phi) is 5.22. The van der Waals surface area contributed by atoms with Crippen LogP contribution in [0.15, 0.2) is 30.3 Å². The predicted molar refractivity (Wildman–Crippen MR) is 102 cm³/mol. The van der Waals surface area contributed by atoms with Crippen LogP contribution in [0.4, 0.5) is 16.3 Å². The molecule has 1 aromatic carbocycles. The average molecular weight is 377 g/mol. The van der Waals surface area contributed by atoms with Gasteiger partial charge >= 0.3 is 6.03 Å². The summed E-state index contributed by atoms with van der Waals surface area (Å²) in [6.07, 6.45) is 0. The van der Waals surface area contributed by atoms with Gasteiger partial charge in [-0.2, -0.15) is 0 Å². The number of nitrogens with two attached hydrogens (primary N) is 2. The molecule has 2 rings (SSSR count). The van der Waals surface area contributed by atoms with E-state index in [1.165, 1.54) is 6.07 Å². The first-order valence-corrected chi connectivity index (χ1v) is 9.55. The molecule has 0 bridgehead atoms. The number of nitrogens with one attached hydrogen (secondary N) is 1. The van der Waals surface area contributed by atoms with E-state index in [-0.39, 0.29) is 5.82 Å². The lowest BCUT2D eigenvalue weighted by atomic mass is 10.1. The smallest absolute Gasteiger partial charge is 0.316 e. The van der Waals surface area contributed by atoms with Gasteiger partial charge in [-0.3, -0.25) is 0 Å². The Hall–Kier alpha value is -2.68. The van der Waals surface area contributed by atoms with Crippen molar-refractivity contribution in [2.75, 3.05) is 11.1 Å². The minimum absolute atomic E-state index is 0.177. The molecule has 5 N–H and O–H groups in total. The third kappa shape index (κ3) is 3.77. The maximum absolute atomic E-state index is 12.7. The highest BCUT2D eigenvalue weighted by Gasteiger charge is 2.40. The number of anilines is 2. The summed E-state index contributed by atoms with van der Waals surface area (Å²) in [5, 5.41) is 1.90. The summed E-state index contributed by atoms with van der Waals surface area (Å²) in [5.74, 6) is 0.481. The number of benzene rings is 1. The summed E-state index contributed by atoms with van der Waals surface area (Å²) in [4.78, 5) is 19.5. The Bertz CT molecular complexity index is 922. The zero-order chi connectivity index (χ0) is 19.7. The molecular formula is C17H23N5O3S. The van der Waals surface area contributed by atoms with Crippen molar-refractivity contribution in [2.45, 2.75) is 37.7 Å². The second-order valence-electron chi connectivity index (χ2n) is 6.67. The topological polar surface area (TPSA) is 141 Å². The summed E-state index contributed by atoms with van der Waals surface area (Å²) < 4.78 is 24.2. The van der Waals surface area contributed by atoms with Gasteiger partial charge in [0.25, 0.3) is 0 Å². The average Bonchev–Trinajstić information content (AvgIpc) is 2.54. The third-order valence-electron chi connectivity index (χ3n) is 4.11. The summed E-state index contributed by atoms with van der Waals surface area (Å²) in [6, 6.07) is 7.47. The molecule has 0 radical (unpaired) electrons. The highest BCUT2D eigenvalue weighted by Crippen LogP contribution is 2.33. The molecule has 8 nitrogen and oxygen atoms in total. The number of rotatable bonds is 5. The monoisotopic (exact) mass is 377 g/mol.